The van der Waals surface area contributed by atoms with Crippen LogP contribution in [0.2, 0.25) is 0 Å². The van der Waals surface area contributed by atoms with Crippen molar-refractivity contribution in [3.63, 3.8) is 0 Å². The molecule has 0 aliphatic heterocycles. The number of nitrogens with one attached hydrogen (secondary N) is 1. The lowest BCUT2D eigenvalue weighted by Crippen LogP contribution is -2.43. The molecule has 1 saturated carbocycles. The third-order valence-electron chi connectivity index (χ3n) is 5.84. The van der Waals surface area contributed by atoms with Crippen molar-refractivity contribution in [2.75, 3.05) is 5.32 Å². The number of alkyl halides is 4. The van der Waals surface area contributed by atoms with E-state index in [1.165, 1.54) is 35.7 Å². The largest absolute Gasteiger partial charge is 0.485 e. The van der Waals surface area contributed by atoms with Crippen molar-refractivity contribution in [2.24, 2.45) is 0 Å². The first-order chi connectivity index (χ1) is 15.8. The van der Waals surface area contributed by atoms with E-state index in [9.17, 15) is 22.7 Å². The van der Waals surface area contributed by atoms with E-state index in [2.05, 4.69) is 15.3 Å². The highest BCUT2D eigenvalue weighted by atomic mass is 32.1. The molecule has 0 radical (unpaired) electrons. The van der Waals surface area contributed by atoms with Gasteiger partial charge < -0.3 is 15.2 Å². The number of rotatable bonds is 6. The van der Waals surface area contributed by atoms with Gasteiger partial charge in [-0.1, -0.05) is 18.2 Å². The van der Waals surface area contributed by atoms with Gasteiger partial charge >= 0.3 is 0 Å². The minimum absolute atomic E-state index is 0.151. The van der Waals surface area contributed by atoms with E-state index >= 15 is 0 Å². The summed E-state index contributed by atoms with van der Waals surface area (Å²) < 4.78 is 59.4. The van der Waals surface area contributed by atoms with Crippen LogP contribution in [0.4, 0.5) is 28.5 Å². The Morgan fingerprint density at radius 1 is 1.21 bits per heavy atom. The van der Waals surface area contributed by atoms with Crippen molar-refractivity contribution in [3.8, 4) is 16.9 Å². The number of halogens is 4. The Morgan fingerprint density at radius 3 is 2.76 bits per heavy atom. The lowest BCUT2D eigenvalue weighted by atomic mass is 9.90. The summed E-state index contributed by atoms with van der Waals surface area (Å²) in [7, 11) is 0. The fraction of sp³-hybridized carbons (Fsp3) is 0.391. The van der Waals surface area contributed by atoms with Gasteiger partial charge in [0.05, 0.1) is 11.8 Å². The molecule has 174 valence electrons. The van der Waals surface area contributed by atoms with E-state index in [-0.39, 0.29) is 17.1 Å². The summed E-state index contributed by atoms with van der Waals surface area (Å²) in [6.07, 6.45) is -0.990. The van der Waals surface area contributed by atoms with Gasteiger partial charge in [-0.25, -0.2) is 27.5 Å². The predicted octanol–water partition coefficient (Wildman–Crippen LogP) is 6.43. The summed E-state index contributed by atoms with van der Waals surface area (Å²) in [6, 6.07) is 7.46. The zero-order valence-electron chi connectivity index (χ0n) is 17.4. The van der Waals surface area contributed by atoms with Crippen molar-refractivity contribution in [3.05, 3.63) is 52.7 Å². The Hall–Kier alpha value is -2.72. The number of hydrogen-bond acceptors (Lipinski definition) is 6. The quantitative estimate of drug-likeness (QED) is 0.399. The van der Waals surface area contributed by atoms with Gasteiger partial charge in [0.25, 0.3) is 12.3 Å². The Balaban J connectivity index is 1.52. The van der Waals surface area contributed by atoms with Crippen LogP contribution in [-0.4, -0.2) is 27.1 Å². The van der Waals surface area contributed by atoms with Gasteiger partial charge in [0.15, 0.2) is 16.7 Å². The number of aliphatic hydroxyl groups excluding tert-OH is 1. The summed E-state index contributed by atoms with van der Waals surface area (Å²) in [5.74, 6) is -2.32. The molecule has 33 heavy (non-hydrogen) atoms. The molecule has 1 aromatic carbocycles. The molecule has 0 saturated heterocycles. The monoisotopic (exact) mass is 479 g/mol. The molecule has 0 bridgehead atoms. The van der Waals surface area contributed by atoms with Crippen LogP contribution in [0.3, 0.4) is 0 Å². The number of anilines is 2. The number of thiazole rings is 1. The summed E-state index contributed by atoms with van der Waals surface area (Å²) in [4.78, 5) is 9.79. The second-order valence-corrected chi connectivity index (χ2v) is 9.41. The van der Waals surface area contributed by atoms with Crippen molar-refractivity contribution in [1.29, 1.82) is 0 Å². The van der Waals surface area contributed by atoms with Crippen molar-refractivity contribution in [1.82, 2.24) is 9.97 Å². The fourth-order valence-corrected chi connectivity index (χ4v) is 5.19. The zero-order chi connectivity index (χ0) is 23.2. The first-order valence-electron chi connectivity index (χ1n) is 10.7. The molecule has 1 fully saturated rings. The van der Waals surface area contributed by atoms with Crippen LogP contribution in [0, 0.1) is 0 Å². The highest BCUT2D eigenvalue weighted by Crippen LogP contribution is 2.45. The van der Waals surface area contributed by atoms with E-state index in [0.29, 0.717) is 28.4 Å². The van der Waals surface area contributed by atoms with Gasteiger partial charge in [0.2, 0.25) is 0 Å². The standard InChI is InChI=1S/C23H21F4N3O2S/c24-20(25)13-4-1-3-12(9-13)15-7-8-28-21(19(15)32-14-10-23(26,27)11-14)30-22-29-18-16(31)5-2-6-17(18)33-22/h1,3-4,7-9,14,16,20,31H,2,5-6,10-11H2,(H,28,29,30). The smallest absolute Gasteiger partial charge is 0.263 e. The van der Waals surface area contributed by atoms with Crippen LogP contribution in [0.25, 0.3) is 11.1 Å². The molecule has 2 aromatic heterocycles. The van der Waals surface area contributed by atoms with Gasteiger partial charge in [0, 0.05) is 35.0 Å². The topological polar surface area (TPSA) is 67.3 Å². The normalized spacial score (nSPS) is 19.8. The number of aromatic nitrogens is 2. The summed E-state index contributed by atoms with van der Waals surface area (Å²) in [6.45, 7) is 0. The molecular formula is C23H21F4N3O2S. The highest BCUT2D eigenvalue weighted by molar-refractivity contribution is 7.15. The first kappa shape index (κ1) is 22.1. The van der Waals surface area contributed by atoms with E-state index < -0.39 is 37.4 Å². The maximum absolute atomic E-state index is 13.4. The van der Waals surface area contributed by atoms with E-state index in [1.807, 2.05) is 0 Å². The molecule has 5 nitrogen and oxygen atoms in total. The number of ether oxygens (including phenoxy) is 1. The van der Waals surface area contributed by atoms with Gasteiger partial charge in [-0.2, -0.15) is 0 Å². The molecule has 1 unspecified atom stereocenters. The minimum atomic E-state index is -2.78. The number of benzene rings is 1. The van der Waals surface area contributed by atoms with Gasteiger partial charge in [0.1, 0.15) is 6.10 Å². The number of aliphatic hydroxyl groups is 1. The second-order valence-electron chi connectivity index (χ2n) is 8.33. The molecule has 10 heteroatoms. The SMILES string of the molecule is OC1CCCc2sc(Nc3nccc(-c4cccc(C(F)F)c4)c3OC3CC(F)(F)C3)nc21. The average Bonchev–Trinajstić information content (AvgIpc) is 3.17. The molecule has 2 aliphatic carbocycles. The van der Waals surface area contributed by atoms with Crippen LogP contribution < -0.4 is 10.1 Å². The lowest BCUT2D eigenvalue weighted by molar-refractivity contribution is -0.134. The Morgan fingerprint density at radius 2 is 2.03 bits per heavy atom. The Kier molecular flexibility index (Phi) is 5.74. The molecule has 2 aliphatic rings. The molecule has 1 atom stereocenters. The molecule has 5 rings (SSSR count). The summed E-state index contributed by atoms with van der Waals surface area (Å²) >= 11 is 1.39. The average molecular weight is 479 g/mol. The van der Waals surface area contributed by atoms with Crippen LogP contribution in [0.1, 0.15) is 54.3 Å². The lowest BCUT2D eigenvalue weighted by Gasteiger charge is -2.35. The molecular weight excluding hydrogens is 458 g/mol. The van der Waals surface area contributed by atoms with Crippen LogP contribution in [0.15, 0.2) is 36.5 Å². The van der Waals surface area contributed by atoms with E-state index in [0.717, 1.165) is 17.7 Å². The molecule has 2 N–H and O–H groups in total. The van der Waals surface area contributed by atoms with Crippen LogP contribution in [0.5, 0.6) is 5.75 Å². The first-order valence-corrected chi connectivity index (χ1v) is 11.5. The van der Waals surface area contributed by atoms with Gasteiger partial charge in [-0.3, -0.25) is 0 Å². The molecule has 0 spiro atoms. The Bertz CT molecular complexity index is 1160. The molecule has 2 heterocycles. The maximum Gasteiger partial charge on any atom is 0.263 e. The number of fused-ring (bicyclic) bond motifs is 1. The van der Waals surface area contributed by atoms with E-state index in [4.69, 9.17) is 4.74 Å². The van der Waals surface area contributed by atoms with Crippen molar-refractivity contribution in [2.45, 2.75) is 56.7 Å². The number of nitrogens with zero attached hydrogens (tertiary/aromatic N) is 2. The van der Waals surface area contributed by atoms with Crippen molar-refractivity contribution >= 4 is 22.3 Å². The Labute approximate surface area is 191 Å². The third kappa shape index (κ3) is 4.54. The number of aryl methyl sites for hydroxylation is 1. The van der Waals surface area contributed by atoms with Crippen LogP contribution >= 0.6 is 11.3 Å². The summed E-state index contributed by atoms with van der Waals surface area (Å²) in [5.41, 5.74) is 1.41. The fourth-order valence-electron chi connectivity index (χ4n) is 4.13. The highest BCUT2D eigenvalue weighted by Gasteiger charge is 2.47. The zero-order valence-corrected chi connectivity index (χ0v) is 18.2. The number of pyridine rings is 1. The predicted molar refractivity (Wildman–Crippen MR) is 117 cm³/mol. The summed E-state index contributed by atoms with van der Waals surface area (Å²) in [5, 5.41) is 13.8. The number of hydrogen-bond donors (Lipinski definition) is 2. The molecule has 3 aromatic rings. The van der Waals surface area contributed by atoms with Crippen LogP contribution in [-0.2, 0) is 6.42 Å². The minimum Gasteiger partial charge on any atom is -0.485 e. The molecule has 0 amide bonds. The maximum atomic E-state index is 13.4. The van der Waals surface area contributed by atoms with Gasteiger partial charge in [-0.15, -0.1) is 11.3 Å². The second kappa shape index (κ2) is 8.57. The van der Waals surface area contributed by atoms with E-state index in [1.54, 1.807) is 12.1 Å². The van der Waals surface area contributed by atoms with Crippen molar-refractivity contribution < 1.29 is 27.4 Å². The van der Waals surface area contributed by atoms with Gasteiger partial charge in [-0.05, 0) is 37.0 Å². The third-order valence-corrected chi connectivity index (χ3v) is 6.89.